The van der Waals surface area contributed by atoms with Crippen LogP contribution in [0.4, 0.5) is 0 Å². The van der Waals surface area contributed by atoms with E-state index < -0.39 is 6.10 Å². The lowest BCUT2D eigenvalue weighted by molar-refractivity contribution is 0.245. The molecule has 0 spiro atoms. The molecule has 3 heteroatoms. The lowest BCUT2D eigenvalue weighted by Crippen LogP contribution is -1.91. The number of aliphatic hydroxyl groups excluding tert-OH is 1. The third-order valence-corrected chi connectivity index (χ3v) is 1.84. The van der Waals surface area contributed by atoms with E-state index in [9.17, 15) is 0 Å². The number of hydrogen-bond acceptors (Lipinski definition) is 2. The van der Waals surface area contributed by atoms with Crippen LogP contribution in [0.15, 0.2) is 24.3 Å². The van der Waals surface area contributed by atoms with Crippen molar-refractivity contribution in [3.63, 3.8) is 0 Å². The van der Waals surface area contributed by atoms with E-state index in [0.717, 1.165) is 5.56 Å². The number of hydrogen-bond donors (Lipinski definition) is 2. The van der Waals surface area contributed by atoms with E-state index in [4.69, 9.17) is 21.8 Å². The van der Waals surface area contributed by atoms with Crippen molar-refractivity contribution >= 4 is 17.7 Å². The number of phenols is 1. The molecular formula is C10H11ClO2. The molecule has 0 aromatic heterocycles. The molecule has 13 heavy (non-hydrogen) atoms. The van der Waals surface area contributed by atoms with Crippen molar-refractivity contribution in [2.75, 3.05) is 0 Å². The van der Waals surface area contributed by atoms with E-state index in [2.05, 4.69) is 0 Å². The molecule has 0 aliphatic rings. The predicted octanol–water partition coefficient (Wildman–Crippen LogP) is 2.44. The molecule has 1 unspecified atom stereocenters. The van der Waals surface area contributed by atoms with Crippen molar-refractivity contribution in [2.45, 2.75) is 13.0 Å². The molecule has 1 aromatic carbocycles. The van der Waals surface area contributed by atoms with Crippen LogP contribution in [0.2, 0.25) is 5.02 Å². The van der Waals surface area contributed by atoms with E-state index >= 15 is 0 Å². The minimum atomic E-state index is -0.479. The first kappa shape index (κ1) is 10.1. The van der Waals surface area contributed by atoms with Crippen molar-refractivity contribution in [3.8, 4) is 5.75 Å². The number of aliphatic hydroxyl groups is 1. The molecule has 1 rings (SSSR count). The maximum absolute atomic E-state index is 9.12. The highest BCUT2D eigenvalue weighted by molar-refractivity contribution is 6.32. The Morgan fingerprint density at radius 1 is 1.46 bits per heavy atom. The molecule has 0 heterocycles. The summed E-state index contributed by atoms with van der Waals surface area (Å²) in [7, 11) is 0. The third kappa shape index (κ3) is 3.09. The van der Waals surface area contributed by atoms with E-state index in [-0.39, 0.29) is 5.75 Å². The number of phenolic OH excluding ortho intramolecular Hbond substituents is 1. The Morgan fingerprint density at radius 2 is 2.15 bits per heavy atom. The van der Waals surface area contributed by atoms with Crippen LogP contribution in [0.25, 0.3) is 6.08 Å². The molecule has 0 saturated carbocycles. The largest absolute Gasteiger partial charge is 0.506 e. The minimum Gasteiger partial charge on any atom is -0.506 e. The van der Waals surface area contributed by atoms with Crippen LogP contribution in [0, 0.1) is 0 Å². The maximum Gasteiger partial charge on any atom is 0.134 e. The molecule has 0 saturated heterocycles. The van der Waals surface area contributed by atoms with Crippen LogP contribution < -0.4 is 0 Å². The Balaban J connectivity index is 2.85. The maximum atomic E-state index is 9.12. The van der Waals surface area contributed by atoms with Crippen molar-refractivity contribution < 1.29 is 10.2 Å². The number of aromatic hydroxyl groups is 1. The van der Waals surface area contributed by atoms with Crippen LogP contribution in [-0.2, 0) is 0 Å². The fourth-order valence-electron chi connectivity index (χ4n) is 0.877. The molecule has 2 nitrogen and oxygen atoms in total. The quantitative estimate of drug-likeness (QED) is 0.767. The van der Waals surface area contributed by atoms with E-state index in [1.165, 1.54) is 6.07 Å². The summed E-state index contributed by atoms with van der Waals surface area (Å²) < 4.78 is 0. The van der Waals surface area contributed by atoms with Gasteiger partial charge in [-0.15, -0.1) is 0 Å². The second-order valence-corrected chi connectivity index (χ2v) is 3.22. The smallest absolute Gasteiger partial charge is 0.134 e. The van der Waals surface area contributed by atoms with Crippen molar-refractivity contribution in [3.05, 3.63) is 34.9 Å². The zero-order valence-electron chi connectivity index (χ0n) is 7.24. The van der Waals surface area contributed by atoms with E-state index in [0.29, 0.717) is 5.02 Å². The molecular weight excluding hydrogens is 188 g/mol. The Morgan fingerprint density at radius 3 is 2.69 bits per heavy atom. The van der Waals surface area contributed by atoms with Crippen molar-refractivity contribution in [1.29, 1.82) is 0 Å². The summed E-state index contributed by atoms with van der Waals surface area (Å²) >= 11 is 5.68. The summed E-state index contributed by atoms with van der Waals surface area (Å²) in [6.45, 7) is 1.67. The molecule has 0 aliphatic heterocycles. The molecule has 2 N–H and O–H groups in total. The summed E-state index contributed by atoms with van der Waals surface area (Å²) in [6.07, 6.45) is 2.91. The van der Waals surface area contributed by atoms with Gasteiger partial charge in [-0.25, -0.2) is 0 Å². The zero-order chi connectivity index (χ0) is 9.84. The summed E-state index contributed by atoms with van der Waals surface area (Å²) in [4.78, 5) is 0. The van der Waals surface area contributed by atoms with E-state index in [1.54, 1.807) is 31.2 Å². The fourth-order valence-corrected chi connectivity index (χ4v) is 1.07. The summed E-state index contributed by atoms with van der Waals surface area (Å²) in [5, 5.41) is 18.4. The Hall–Kier alpha value is -0.990. The number of benzene rings is 1. The van der Waals surface area contributed by atoms with E-state index in [1.807, 2.05) is 0 Å². The van der Waals surface area contributed by atoms with Gasteiger partial charge in [-0.1, -0.05) is 29.8 Å². The molecule has 0 aliphatic carbocycles. The Labute approximate surface area is 82.1 Å². The summed E-state index contributed by atoms with van der Waals surface area (Å²) in [5.41, 5.74) is 0.851. The number of rotatable bonds is 2. The zero-order valence-corrected chi connectivity index (χ0v) is 7.99. The lowest BCUT2D eigenvalue weighted by Gasteiger charge is -1.98. The van der Waals surface area contributed by atoms with Gasteiger partial charge in [0.2, 0.25) is 0 Å². The molecule has 0 radical (unpaired) electrons. The lowest BCUT2D eigenvalue weighted by atomic mass is 10.2. The Bertz CT molecular complexity index is 319. The van der Waals surface area contributed by atoms with Crippen LogP contribution in [0.3, 0.4) is 0 Å². The fraction of sp³-hybridized carbons (Fsp3) is 0.200. The highest BCUT2D eigenvalue weighted by atomic mass is 35.5. The van der Waals surface area contributed by atoms with Crippen LogP contribution in [0.5, 0.6) is 5.75 Å². The molecule has 0 fully saturated rings. The highest BCUT2D eigenvalue weighted by Crippen LogP contribution is 2.24. The van der Waals surface area contributed by atoms with Gasteiger partial charge in [0.15, 0.2) is 0 Å². The van der Waals surface area contributed by atoms with Gasteiger partial charge in [0.05, 0.1) is 11.1 Å². The van der Waals surface area contributed by atoms with Gasteiger partial charge in [0, 0.05) is 0 Å². The van der Waals surface area contributed by atoms with Crippen LogP contribution in [-0.4, -0.2) is 16.3 Å². The van der Waals surface area contributed by atoms with Gasteiger partial charge < -0.3 is 10.2 Å². The molecule has 0 bridgehead atoms. The first-order valence-corrected chi connectivity index (χ1v) is 4.32. The SMILES string of the molecule is CC(O)/C=C/c1ccc(O)c(Cl)c1. The number of halogens is 1. The second-order valence-electron chi connectivity index (χ2n) is 2.81. The first-order valence-electron chi connectivity index (χ1n) is 3.94. The van der Waals surface area contributed by atoms with Gasteiger partial charge in [-0.3, -0.25) is 0 Å². The minimum absolute atomic E-state index is 0.0656. The van der Waals surface area contributed by atoms with Crippen molar-refractivity contribution in [1.82, 2.24) is 0 Å². The Kier molecular flexibility index (Phi) is 3.34. The van der Waals surface area contributed by atoms with Gasteiger partial charge in [0.1, 0.15) is 5.75 Å². The predicted molar refractivity (Wildman–Crippen MR) is 53.8 cm³/mol. The molecule has 1 aromatic rings. The molecule has 1 atom stereocenters. The van der Waals surface area contributed by atoms with Gasteiger partial charge in [-0.05, 0) is 24.6 Å². The average molecular weight is 199 g/mol. The van der Waals surface area contributed by atoms with Gasteiger partial charge >= 0.3 is 0 Å². The highest BCUT2D eigenvalue weighted by Gasteiger charge is 1.97. The average Bonchev–Trinajstić information content (AvgIpc) is 2.07. The summed E-state index contributed by atoms with van der Waals surface area (Å²) in [5.74, 6) is 0.0656. The van der Waals surface area contributed by atoms with Crippen LogP contribution >= 0.6 is 11.6 Å². The molecule has 70 valence electrons. The standard InChI is InChI=1S/C10H11ClO2/c1-7(12)2-3-8-4-5-10(13)9(11)6-8/h2-7,12-13H,1H3/b3-2+. The topological polar surface area (TPSA) is 40.5 Å². The first-order chi connectivity index (χ1) is 6.09. The monoisotopic (exact) mass is 198 g/mol. The molecule has 0 amide bonds. The summed E-state index contributed by atoms with van der Waals surface area (Å²) in [6, 6.07) is 4.87. The van der Waals surface area contributed by atoms with Gasteiger partial charge in [-0.2, -0.15) is 0 Å². The normalized spacial score (nSPS) is 13.5. The van der Waals surface area contributed by atoms with Crippen LogP contribution in [0.1, 0.15) is 12.5 Å². The third-order valence-electron chi connectivity index (χ3n) is 1.54. The van der Waals surface area contributed by atoms with Gasteiger partial charge in [0.25, 0.3) is 0 Å². The second kappa shape index (κ2) is 4.30. The van der Waals surface area contributed by atoms with Crippen molar-refractivity contribution in [2.24, 2.45) is 0 Å².